The molecule has 3 amide bonds. The Morgan fingerprint density at radius 3 is 2.64 bits per heavy atom. The predicted octanol–water partition coefficient (Wildman–Crippen LogP) is 4.07. The van der Waals surface area contributed by atoms with Gasteiger partial charge in [0.05, 0.1) is 18.2 Å². The van der Waals surface area contributed by atoms with Gasteiger partial charge in [-0.2, -0.15) is 0 Å². The first-order valence-electron chi connectivity index (χ1n) is 10.6. The molecular weight excluding hydrogens is 442 g/mol. The van der Waals surface area contributed by atoms with Crippen LogP contribution in [0.3, 0.4) is 0 Å². The Balaban J connectivity index is 1.87. The van der Waals surface area contributed by atoms with Gasteiger partial charge < -0.3 is 20.3 Å². The monoisotopic (exact) mass is 467 g/mol. The molecule has 0 fully saturated rings. The third-order valence-electron chi connectivity index (χ3n) is 5.05. The van der Waals surface area contributed by atoms with E-state index in [0.29, 0.717) is 28.4 Å². The van der Waals surface area contributed by atoms with E-state index in [0.717, 1.165) is 5.56 Å². The van der Waals surface area contributed by atoms with E-state index in [-0.39, 0.29) is 19.1 Å². The minimum atomic E-state index is -0.806. The molecule has 0 bridgehead atoms. The van der Waals surface area contributed by atoms with E-state index in [1.54, 1.807) is 38.1 Å². The summed E-state index contributed by atoms with van der Waals surface area (Å²) in [5.74, 6) is -0.922. The summed E-state index contributed by atoms with van der Waals surface area (Å²) in [5, 5.41) is 6.01. The molecule has 8 heteroatoms. The van der Waals surface area contributed by atoms with Crippen molar-refractivity contribution in [3.63, 3.8) is 0 Å². The van der Waals surface area contributed by atoms with E-state index in [2.05, 4.69) is 10.6 Å². The molecule has 7 nitrogen and oxygen atoms in total. The van der Waals surface area contributed by atoms with Crippen molar-refractivity contribution in [2.24, 2.45) is 0 Å². The summed E-state index contributed by atoms with van der Waals surface area (Å²) in [5.41, 5.74) is 2.37. The number of esters is 1. The number of carbonyl (C=O) groups is 3. The maximum absolute atomic E-state index is 13.2. The van der Waals surface area contributed by atoms with E-state index >= 15 is 0 Å². The number of hydrogen-bond donors (Lipinski definition) is 2. The minimum Gasteiger partial charge on any atom is -0.465 e. The van der Waals surface area contributed by atoms with Crippen molar-refractivity contribution in [3.8, 4) is 0 Å². The maximum Gasteiger partial charge on any atom is 0.325 e. The molecule has 172 valence electrons. The lowest BCUT2D eigenvalue weighted by atomic mass is 9.93. The summed E-state index contributed by atoms with van der Waals surface area (Å²) in [7, 11) is 0. The SMILES string of the molecule is CCOC(=O)CN1C(=O)NC(C)=C(C(=O)NCC=Cc2ccccc2)C1c1cccc(Cl)c1. The number of benzene rings is 2. The number of ether oxygens (including phenoxy) is 1. The summed E-state index contributed by atoms with van der Waals surface area (Å²) >= 11 is 6.19. The fourth-order valence-corrected chi connectivity index (χ4v) is 3.81. The Bertz CT molecular complexity index is 1080. The van der Waals surface area contributed by atoms with Gasteiger partial charge in [-0.25, -0.2) is 4.79 Å². The number of halogens is 1. The Morgan fingerprint density at radius 2 is 1.94 bits per heavy atom. The van der Waals surface area contributed by atoms with E-state index in [4.69, 9.17) is 16.3 Å². The quantitative estimate of drug-likeness (QED) is 0.573. The lowest BCUT2D eigenvalue weighted by molar-refractivity contribution is -0.144. The van der Waals surface area contributed by atoms with Gasteiger partial charge in [0.25, 0.3) is 5.91 Å². The third-order valence-corrected chi connectivity index (χ3v) is 5.28. The molecule has 1 atom stereocenters. The van der Waals surface area contributed by atoms with Crippen LogP contribution in [0.2, 0.25) is 5.02 Å². The molecule has 2 aromatic carbocycles. The van der Waals surface area contributed by atoms with Crippen molar-refractivity contribution in [1.29, 1.82) is 0 Å². The van der Waals surface area contributed by atoms with Crippen molar-refractivity contribution in [1.82, 2.24) is 15.5 Å². The zero-order chi connectivity index (χ0) is 23.8. The largest absolute Gasteiger partial charge is 0.465 e. The first-order chi connectivity index (χ1) is 15.9. The highest BCUT2D eigenvalue weighted by molar-refractivity contribution is 6.30. The highest BCUT2D eigenvalue weighted by Crippen LogP contribution is 2.34. The Labute approximate surface area is 198 Å². The van der Waals surface area contributed by atoms with E-state index in [1.165, 1.54) is 4.90 Å². The van der Waals surface area contributed by atoms with Crippen LogP contribution in [0, 0.1) is 0 Å². The number of rotatable bonds is 8. The summed E-state index contributed by atoms with van der Waals surface area (Å²) in [6, 6.07) is 15.3. The lowest BCUT2D eigenvalue weighted by Gasteiger charge is -2.37. The molecule has 0 radical (unpaired) electrons. The van der Waals surface area contributed by atoms with Gasteiger partial charge in [-0.05, 0) is 37.1 Å². The van der Waals surface area contributed by atoms with Crippen molar-refractivity contribution in [2.45, 2.75) is 19.9 Å². The molecule has 1 aliphatic rings. The topological polar surface area (TPSA) is 87.7 Å². The van der Waals surface area contributed by atoms with Gasteiger partial charge in [0.15, 0.2) is 0 Å². The molecule has 0 saturated carbocycles. The third kappa shape index (κ3) is 6.23. The zero-order valence-corrected chi connectivity index (χ0v) is 19.3. The normalized spacial score (nSPS) is 16.0. The summed E-state index contributed by atoms with van der Waals surface area (Å²) in [4.78, 5) is 39.5. The average molecular weight is 468 g/mol. The van der Waals surface area contributed by atoms with Gasteiger partial charge >= 0.3 is 12.0 Å². The Morgan fingerprint density at radius 1 is 1.18 bits per heavy atom. The average Bonchev–Trinajstić information content (AvgIpc) is 2.79. The van der Waals surface area contributed by atoms with Gasteiger partial charge in [0.2, 0.25) is 0 Å². The number of amides is 3. The van der Waals surface area contributed by atoms with Crippen LogP contribution in [0.1, 0.15) is 31.0 Å². The van der Waals surface area contributed by atoms with Crippen molar-refractivity contribution >= 4 is 35.6 Å². The molecule has 1 aliphatic heterocycles. The standard InChI is InChI=1S/C25H26ClN3O4/c1-3-33-21(30)16-29-23(19-12-7-13-20(26)15-19)22(17(2)28-25(29)32)24(31)27-14-8-11-18-9-5-4-6-10-18/h4-13,15,23H,3,14,16H2,1-2H3,(H,27,31)(H,28,32). The first-order valence-corrected chi connectivity index (χ1v) is 11.0. The van der Waals surface area contributed by atoms with Crippen molar-refractivity contribution in [3.05, 3.63) is 88.1 Å². The molecule has 3 rings (SSSR count). The molecule has 0 aliphatic carbocycles. The molecule has 1 heterocycles. The van der Waals surface area contributed by atoms with Crippen LogP contribution < -0.4 is 10.6 Å². The van der Waals surface area contributed by atoms with Crippen LogP contribution >= 0.6 is 11.6 Å². The Hall–Kier alpha value is -3.58. The predicted molar refractivity (Wildman–Crippen MR) is 127 cm³/mol. The number of carbonyl (C=O) groups excluding carboxylic acids is 3. The van der Waals surface area contributed by atoms with E-state index in [9.17, 15) is 14.4 Å². The fraction of sp³-hybridized carbons (Fsp3) is 0.240. The lowest BCUT2D eigenvalue weighted by Crippen LogP contribution is -2.51. The summed E-state index contributed by atoms with van der Waals surface area (Å²) in [6.07, 6.45) is 3.75. The van der Waals surface area contributed by atoms with Crippen molar-refractivity contribution < 1.29 is 19.1 Å². The highest BCUT2D eigenvalue weighted by Gasteiger charge is 2.38. The van der Waals surface area contributed by atoms with Gasteiger partial charge in [0, 0.05) is 17.3 Å². The smallest absolute Gasteiger partial charge is 0.325 e. The van der Waals surface area contributed by atoms with Crippen LogP contribution in [0.25, 0.3) is 6.08 Å². The van der Waals surface area contributed by atoms with Crippen LogP contribution in [-0.2, 0) is 14.3 Å². The zero-order valence-electron chi connectivity index (χ0n) is 18.5. The first kappa shape index (κ1) is 24.1. The molecule has 33 heavy (non-hydrogen) atoms. The number of hydrogen-bond acceptors (Lipinski definition) is 4. The van der Waals surface area contributed by atoms with Crippen LogP contribution in [0.4, 0.5) is 4.79 Å². The second-order valence-corrected chi connectivity index (χ2v) is 7.82. The fourth-order valence-electron chi connectivity index (χ4n) is 3.61. The molecular formula is C25H26ClN3O4. The minimum absolute atomic E-state index is 0.187. The number of urea groups is 1. The van der Waals surface area contributed by atoms with E-state index < -0.39 is 18.0 Å². The van der Waals surface area contributed by atoms with Gasteiger partial charge in [-0.3, -0.25) is 9.59 Å². The molecule has 0 spiro atoms. The molecule has 2 N–H and O–H groups in total. The number of nitrogens with zero attached hydrogens (tertiary/aromatic N) is 1. The molecule has 0 aromatic heterocycles. The van der Waals surface area contributed by atoms with Gasteiger partial charge in [0.1, 0.15) is 6.54 Å². The molecule has 0 saturated heterocycles. The summed E-state index contributed by atoms with van der Waals surface area (Å²) in [6.45, 7) is 3.51. The number of nitrogens with one attached hydrogen (secondary N) is 2. The number of allylic oxidation sites excluding steroid dienone is 1. The Kier molecular flexibility index (Phi) is 8.27. The highest BCUT2D eigenvalue weighted by atomic mass is 35.5. The second kappa shape index (κ2) is 11.3. The van der Waals surface area contributed by atoms with Crippen molar-refractivity contribution in [2.75, 3.05) is 19.7 Å². The van der Waals surface area contributed by atoms with Gasteiger partial charge in [-0.15, -0.1) is 0 Å². The summed E-state index contributed by atoms with van der Waals surface area (Å²) < 4.78 is 5.03. The molecule has 1 unspecified atom stereocenters. The van der Waals surface area contributed by atoms with E-state index in [1.807, 2.05) is 42.5 Å². The maximum atomic E-state index is 13.2. The van der Waals surface area contributed by atoms with Crippen LogP contribution in [-0.4, -0.2) is 42.5 Å². The molecule has 2 aromatic rings. The van der Waals surface area contributed by atoms with Gasteiger partial charge in [-0.1, -0.05) is 66.2 Å². The second-order valence-electron chi connectivity index (χ2n) is 7.38. The van der Waals surface area contributed by atoms with Crippen LogP contribution in [0.15, 0.2) is 71.9 Å². The van der Waals surface area contributed by atoms with Crippen LogP contribution in [0.5, 0.6) is 0 Å².